The molecule has 2 aliphatic rings. The van der Waals surface area contributed by atoms with Crippen LogP contribution in [0.2, 0.25) is 0 Å². The average molecular weight is 283 g/mol. The number of nitrogen functional groups attached to an aromatic ring is 1. The number of halogens is 1. The van der Waals surface area contributed by atoms with E-state index in [2.05, 4.69) is 10.3 Å². The van der Waals surface area contributed by atoms with Crippen molar-refractivity contribution in [2.24, 2.45) is 0 Å². The van der Waals surface area contributed by atoms with Gasteiger partial charge in [0.2, 0.25) is 5.95 Å². The van der Waals surface area contributed by atoms with Gasteiger partial charge < -0.3 is 11.1 Å². The number of hydrogen-bond donors (Lipinski definition) is 2. The van der Waals surface area contributed by atoms with Crippen molar-refractivity contribution < 1.29 is 4.39 Å². The van der Waals surface area contributed by atoms with E-state index >= 15 is 0 Å². The molecule has 0 spiro atoms. The highest BCUT2D eigenvalue weighted by atomic mass is 19.1. The largest absolute Gasteiger partial charge is 0.399 e. The number of anilines is 1. The number of nitrogens with one attached hydrogen (secondary N) is 1. The van der Waals surface area contributed by atoms with E-state index in [1.807, 2.05) is 18.2 Å². The summed E-state index contributed by atoms with van der Waals surface area (Å²) in [6.45, 7) is 0. The van der Waals surface area contributed by atoms with Crippen LogP contribution in [0.1, 0.15) is 30.7 Å². The number of rotatable bonds is 2. The van der Waals surface area contributed by atoms with E-state index in [-0.39, 0.29) is 0 Å². The van der Waals surface area contributed by atoms with Crippen LogP contribution >= 0.6 is 0 Å². The first kappa shape index (κ1) is 12.8. The third-order valence-electron chi connectivity index (χ3n) is 4.79. The molecule has 4 heteroatoms. The molecule has 0 saturated carbocycles. The minimum Gasteiger partial charge on any atom is -0.399 e. The molecule has 1 aromatic carbocycles. The normalized spacial score (nSPS) is 27.2. The van der Waals surface area contributed by atoms with Gasteiger partial charge in [-0.15, -0.1) is 0 Å². The molecule has 3 atom stereocenters. The lowest BCUT2D eigenvalue weighted by Gasteiger charge is -2.20. The minimum absolute atomic E-state index is 0.430. The molecule has 0 unspecified atom stereocenters. The second-order valence-corrected chi connectivity index (χ2v) is 6.12. The van der Waals surface area contributed by atoms with Crippen molar-refractivity contribution in [2.45, 2.75) is 37.3 Å². The van der Waals surface area contributed by atoms with E-state index < -0.39 is 5.95 Å². The molecule has 3 heterocycles. The van der Waals surface area contributed by atoms with Gasteiger partial charge in [0.15, 0.2) is 0 Å². The molecule has 108 valence electrons. The van der Waals surface area contributed by atoms with Crippen LogP contribution in [0.3, 0.4) is 0 Å². The van der Waals surface area contributed by atoms with Gasteiger partial charge >= 0.3 is 0 Å². The first-order valence-corrected chi connectivity index (χ1v) is 7.48. The predicted molar refractivity (Wildman–Crippen MR) is 81.3 cm³/mol. The van der Waals surface area contributed by atoms with E-state index in [9.17, 15) is 4.39 Å². The molecule has 2 saturated heterocycles. The third-order valence-corrected chi connectivity index (χ3v) is 4.79. The Labute approximate surface area is 123 Å². The summed E-state index contributed by atoms with van der Waals surface area (Å²) < 4.78 is 14.1. The second-order valence-electron chi connectivity index (χ2n) is 6.12. The Morgan fingerprint density at radius 1 is 1.24 bits per heavy atom. The van der Waals surface area contributed by atoms with Crippen molar-refractivity contribution in [1.82, 2.24) is 10.3 Å². The van der Waals surface area contributed by atoms with Gasteiger partial charge in [-0.3, -0.25) is 0 Å². The summed E-state index contributed by atoms with van der Waals surface area (Å²) in [4.78, 5) is 3.98. The van der Waals surface area contributed by atoms with Crippen molar-refractivity contribution in [2.75, 3.05) is 5.73 Å². The number of hydrogen-bond acceptors (Lipinski definition) is 3. The lowest BCUT2D eigenvalue weighted by Crippen LogP contribution is -2.21. The minimum atomic E-state index is -0.430. The highest BCUT2D eigenvalue weighted by molar-refractivity contribution is 5.67. The first-order chi connectivity index (χ1) is 10.2. The van der Waals surface area contributed by atoms with Crippen molar-refractivity contribution in [3.8, 4) is 11.1 Å². The van der Waals surface area contributed by atoms with Gasteiger partial charge in [-0.05, 0) is 48.6 Å². The van der Waals surface area contributed by atoms with Gasteiger partial charge in [-0.1, -0.05) is 12.1 Å². The molecule has 3 N–H and O–H groups in total. The van der Waals surface area contributed by atoms with Gasteiger partial charge in [0.05, 0.1) is 0 Å². The number of nitrogens with two attached hydrogens (primary N) is 1. The van der Waals surface area contributed by atoms with Crippen LogP contribution < -0.4 is 11.1 Å². The standard InChI is InChI=1S/C17H18FN3/c18-17-15(10-2-1-3-12(19)6-10)7-11(9-20-17)14-8-13-4-5-16(14)21-13/h1-3,6-7,9,13-14,16,21H,4-5,8,19H2/t13-,14+,16+/m0/s1. The molecule has 3 nitrogen and oxygen atoms in total. The molecule has 0 amide bonds. The van der Waals surface area contributed by atoms with E-state index in [0.29, 0.717) is 29.3 Å². The van der Waals surface area contributed by atoms with Crippen molar-refractivity contribution in [3.63, 3.8) is 0 Å². The smallest absolute Gasteiger partial charge is 0.220 e. The topological polar surface area (TPSA) is 50.9 Å². The van der Waals surface area contributed by atoms with Crippen LogP contribution in [0.15, 0.2) is 36.5 Å². The summed E-state index contributed by atoms with van der Waals surface area (Å²) in [5.74, 6) is 0.0251. The van der Waals surface area contributed by atoms with Gasteiger partial charge in [-0.2, -0.15) is 4.39 Å². The number of aromatic nitrogens is 1. The summed E-state index contributed by atoms with van der Waals surface area (Å²) in [7, 11) is 0. The number of pyridine rings is 1. The summed E-state index contributed by atoms with van der Waals surface area (Å²) >= 11 is 0. The van der Waals surface area contributed by atoms with E-state index in [0.717, 1.165) is 17.5 Å². The number of fused-ring (bicyclic) bond motifs is 2. The molecule has 0 aliphatic carbocycles. The summed E-state index contributed by atoms with van der Waals surface area (Å²) in [6.07, 6.45) is 5.30. The Kier molecular flexibility index (Phi) is 2.93. The average Bonchev–Trinajstić information content (AvgIpc) is 3.10. The Bertz CT molecular complexity index is 685. The monoisotopic (exact) mass is 283 g/mol. The zero-order chi connectivity index (χ0) is 14.4. The van der Waals surface area contributed by atoms with Crippen LogP contribution in [0, 0.1) is 5.95 Å². The van der Waals surface area contributed by atoms with Crippen LogP contribution in [0.4, 0.5) is 10.1 Å². The molecule has 1 aromatic heterocycles. The van der Waals surface area contributed by atoms with Gasteiger partial charge in [0, 0.05) is 35.4 Å². The fourth-order valence-electron chi connectivity index (χ4n) is 3.77. The highest BCUT2D eigenvalue weighted by Crippen LogP contribution is 2.40. The van der Waals surface area contributed by atoms with Crippen molar-refractivity contribution >= 4 is 5.69 Å². The van der Waals surface area contributed by atoms with Crippen LogP contribution in [0.25, 0.3) is 11.1 Å². The van der Waals surface area contributed by atoms with Gasteiger partial charge in [-0.25, -0.2) is 4.98 Å². The molecule has 2 bridgehead atoms. The van der Waals surface area contributed by atoms with E-state index in [4.69, 9.17) is 5.73 Å². The third kappa shape index (κ3) is 2.20. The predicted octanol–water partition coefficient (Wildman–Crippen LogP) is 3.08. The van der Waals surface area contributed by atoms with Crippen LogP contribution in [-0.2, 0) is 0 Å². The number of benzene rings is 1. The lowest BCUT2D eigenvalue weighted by atomic mass is 9.84. The molecule has 2 aromatic rings. The SMILES string of the molecule is Nc1cccc(-c2cc([C@H]3C[C@@H]4CC[C@H]3N4)cnc2F)c1. The van der Waals surface area contributed by atoms with Crippen molar-refractivity contribution in [1.29, 1.82) is 0 Å². The Balaban J connectivity index is 1.73. The summed E-state index contributed by atoms with van der Waals surface area (Å²) in [5, 5.41) is 3.62. The van der Waals surface area contributed by atoms with E-state index in [1.165, 1.54) is 12.8 Å². The Morgan fingerprint density at radius 3 is 2.86 bits per heavy atom. The Morgan fingerprint density at radius 2 is 2.14 bits per heavy atom. The molecular formula is C17H18FN3. The molecule has 2 aliphatic heterocycles. The second kappa shape index (κ2) is 4.81. The quantitative estimate of drug-likeness (QED) is 0.658. The summed E-state index contributed by atoms with van der Waals surface area (Å²) in [5.41, 5.74) is 8.91. The fourth-order valence-corrected chi connectivity index (χ4v) is 3.77. The number of nitrogens with zero attached hydrogens (tertiary/aromatic N) is 1. The summed E-state index contributed by atoms with van der Waals surface area (Å²) in [6, 6.07) is 10.4. The highest BCUT2D eigenvalue weighted by Gasteiger charge is 2.39. The first-order valence-electron chi connectivity index (χ1n) is 7.48. The maximum Gasteiger partial charge on any atom is 0.220 e. The lowest BCUT2D eigenvalue weighted by molar-refractivity contribution is 0.502. The molecule has 21 heavy (non-hydrogen) atoms. The van der Waals surface area contributed by atoms with Crippen molar-refractivity contribution in [3.05, 3.63) is 48.0 Å². The zero-order valence-corrected chi connectivity index (χ0v) is 11.7. The molecule has 2 fully saturated rings. The fraction of sp³-hybridized carbons (Fsp3) is 0.353. The van der Waals surface area contributed by atoms with Gasteiger partial charge in [0.25, 0.3) is 0 Å². The Hall–Kier alpha value is -1.94. The van der Waals surface area contributed by atoms with Gasteiger partial charge in [0.1, 0.15) is 0 Å². The maximum atomic E-state index is 14.1. The molecule has 4 rings (SSSR count). The van der Waals surface area contributed by atoms with Crippen LogP contribution in [-0.4, -0.2) is 17.1 Å². The van der Waals surface area contributed by atoms with E-state index in [1.54, 1.807) is 18.3 Å². The maximum absolute atomic E-state index is 14.1. The molecule has 0 radical (unpaired) electrons. The van der Waals surface area contributed by atoms with Crippen LogP contribution in [0.5, 0.6) is 0 Å². The molecular weight excluding hydrogens is 265 g/mol. The zero-order valence-electron chi connectivity index (χ0n) is 11.7.